The van der Waals surface area contributed by atoms with E-state index in [1.165, 1.54) is 11.8 Å². The topological polar surface area (TPSA) is 88.9 Å². The highest BCUT2D eigenvalue weighted by Gasteiger charge is 2.16. The van der Waals surface area contributed by atoms with Gasteiger partial charge in [0.15, 0.2) is 5.16 Å². The minimum Gasteiger partial charge on any atom is -0.348 e. The standard InChI is InChI=1S/C26H25N5O2S/c1-18-9-8-12-21(15-18)31-19(2)29-30-26(31)34-17-24(32)28-23-14-7-6-13-22(23)25(33)27-16-20-10-4-3-5-11-20/h3-15H,16-17H2,1-2H3,(H,27,33)(H,28,32). The monoisotopic (exact) mass is 471 g/mol. The van der Waals surface area contributed by atoms with Gasteiger partial charge in [0.25, 0.3) is 5.91 Å². The Morgan fingerprint density at radius 1 is 0.912 bits per heavy atom. The number of hydrogen-bond acceptors (Lipinski definition) is 5. The second kappa shape index (κ2) is 10.8. The lowest BCUT2D eigenvalue weighted by Gasteiger charge is -2.12. The molecule has 8 heteroatoms. The van der Waals surface area contributed by atoms with E-state index in [0.29, 0.717) is 23.0 Å². The third kappa shape index (κ3) is 5.71. The number of hydrogen-bond donors (Lipinski definition) is 2. The van der Waals surface area contributed by atoms with Crippen LogP contribution in [0, 0.1) is 13.8 Å². The molecule has 0 radical (unpaired) electrons. The fourth-order valence-electron chi connectivity index (χ4n) is 3.48. The molecule has 4 rings (SSSR count). The number of benzene rings is 3. The van der Waals surface area contributed by atoms with Crippen molar-refractivity contribution in [3.8, 4) is 5.69 Å². The number of nitrogens with one attached hydrogen (secondary N) is 2. The Labute approximate surface area is 202 Å². The fraction of sp³-hybridized carbons (Fsp3) is 0.154. The quantitative estimate of drug-likeness (QED) is 0.368. The van der Waals surface area contributed by atoms with Crippen LogP contribution in [-0.2, 0) is 11.3 Å². The molecular weight excluding hydrogens is 446 g/mol. The molecule has 0 aliphatic carbocycles. The molecule has 34 heavy (non-hydrogen) atoms. The van der Waals surface area contributed by atoms with Gasteiger partial charge in [0.05, 0.1) is 17.0 Å². The smallest absolute Gasteiger partial charge is 0.253 e. The predicted molar refractivity (Wildman–Crippen MR) is 134 cm³/mol. The van der Waals surface area contributed by atoms with E-state index in [1.54, 1.807) is 24.3 Å². The molecule has 1 aromatic heterocycles. The van der Waals surface area contributed by atoms with Crippen molar-refractivity contribution in [1.82, 2.24) is 20.1 Å². The molecule has 0 atom stereocenters. The van der Waals surface area contributed by atoms with Crippen LogP contribution in [-0.4, -0.2) is 32.3 Å². The van der Waals surface area contributed by atoms with Crippen LogP contribution in [0.3, 0.4) is 0 Å². The highest BCUT2D eigenvalue weighted by molar-refractivity contribution is 7.99. The van der Waals surface area contributed by atoms with Crippen molar-refractivity contribution in [3.63, 3.8) is 0 Å². The SMILES string of the molecule is Cc1cccc(-n2c(C)nnc2SCC(=O)Nc2ccccc2C(=O)NCc2ccccc2)c1. The summed E-state index contributed by atoms with van der Waals surface area (Å²) in [4.78, 5) is 25.5. The summed E-state index contributed by atoms with van der Waals surface area (Å²) in [6.45, 7) is 4.31. The Hall–Kier alpha value is -3.91. The first-order chi connectivity index (χ1) is 16.5. The van der Waals surface area contributed by atoms with Crippen LogP contribution in [0.25, 0.3) is 5.69 Å². The maximum Gasteiger partial charge on any atom is 0.253 e. The average Bonchev–Trinajstić information content (AvgIpc) is 3.22. The highest BCUT2D eigenvalue weighted by atomic mass is 32.2. The average molecular weight is 472 g/mol. The fourth-order valence-corrected chi connectivity index (χ4v) is 4.28. The predicted octanol–water partition coefficient (Wildman–Crippen LogP) is 4.54. The van der Waals surface area contributed by atoms with Gasteiger partial charge in [-0.05, 0) is 49.2 Å². The summed E-state index contributed by atoms with van der Waals surface area (Å²) in [6.07, 6.45) is 0. The first-order valence-electron chi connectivity index (χ1n) is 10.8. The lowest BCUT2D eigenvalue weighted by molar-refractivity contribution is -0.113. The number of carbonyl (C=O) groups excluding carboxylic acids is 2. The third-order valence-electron chi connectivity index (χ3n) is 5.13. The van der Waals surface area contributed by atoms with Crippen molar-refractivity contribution in [2.75, 3.05) is 11.1 Å². The van der Waals surface area contributed by atoms with Crippen molar-refractivity contribution in [1.29, 1.82) is 0 Å². The zero-order valence-corrected chi connectivity index (χ0v) is 19.8. The number of para-hydroxylation sites is 1. The number of rotatable bonds is 8. The molecule has 172 valence electrons. The molecule has 0 aliphatic rings. The van der Waals surface area contributed by atoms with Gasteiger partial charge in [-0.25, -0.2) is 0 Å². The second-order valence-electron chi connectivity index (χ2n) is 7.75. The minimum absolute atomic E-state index is 0.129. The van der Waals surface area contributed by atoms with Crippen LogP contribution in [0.15, 0.2) is 84.0 Å². The van der Waals surface area contributed by atoms with E-state index in [0.717, 1.165) is 22.6 Å². The van der Waals surface area contributed by atoms with E-state index in [4.69, 9.17) is 0 Å². The van der Waals surface area contributed by atoms with Gasteiger partial charge in [0.1, 0.15) is 5.82 Å². The number of thioether (sulfide) groups is 1. The maximum absolute atomic E-state index is 12.7. The van der Waals surface area contributed by atoms with Crippen molar-refractivity contribution in [3.05, 3.63) is 101 Å². The van der Waals surface area contributed by atoms with Crippen LogP contribution in [0.2, 0.25) is 0 Å². The molecule has 0 saturated carbocycles. The summed E-state index contributed by atoms with van der Waals surface area (Å²) in [5.41, 5.74) is 3.96. The molecule has 2 N–H and O–H groups in total. The molecule has 0 aliphatic heterocycles. The Balaban J connectivity index is 1.40. The van der Waals surface area contributed by atoms with Gasteiger partial charge in [0.2, 0.25) is 5.91 Å². The number of aromatic nitrogens is 3. The normalized spacial score (nSPS) is 10.6. The number of carbonyl (C=O) groups is 2. The zero-order chi connectivity index (χ0) is 23.9. The largest absolute Gasteiger partial charge is 0.348 e. The molecule has 0 fully saturated rings. The Kier molecular flexibility index (Phi) is 7.39. The lowest BCUT2D eigenvalue weighted by Crippen LogP contribution is -2.25. The molecule has 0 unspecified atom stereocenters. The molecule has 0 spiro atoms. The summed E-state index contributed by atoms with van der Waals surface area (Å²) in [7, 11) is 0. The first-order valence-corrected chi connectivity index (χ1v) is 11.8. The molecule has 3 aromatic carbocycles. The van der Waals surface area contributed by atoms with E-state index in [9.17, 15) is 9.59 Å². The van der Waals surface area contributed by atoms with Gasteiger partial charge in [-0.3, -0.25) is 14.2 Å². The highest BCUT2D eigenvalue weighted by Crippen LogP contribution is 2.23. The number of aryl methyl sites for hydroxylation is 2. The van der Waals surface area contributed by atoms with Gasteiger partial charge in [-0.15, -0.1) is 10.2 Å². The van der Waals surface area contributed by atoms with Crippen LogP contribution >= 0.6 is 11.8 Å². The summed E-state index contributed by atoms with van der Waals surface area (Å²) < 4.78 is 1.93. The Morgan fingerprint density at radius 3 is 2.47 bits per heavy atom. The molecule has 1 heterocycles. The van der Waals surface area contributed by atoms with Gasteiger partial charge in [0, 0.05) is 12.2 Å². The Morgan fingerprint density at radius 2 is 1.68 bits per heavy atom. The summed E-state index contributed by atoms with van der Waals surface area (Å²) in [5.74, 6) is 0.394. The van der Waals surface area contributed by atoms with E-state index >= 15 is 0 Å². The lowest BCUT2D eigenvalue weighted by atomic mass is 10.1. The van der Waals surface area contributed by atoms with Crippen molar-refractivity contribution in [2.45, 2.75) is 25.5 Å². The molecule has 0 bridgehead atoms. The van der Waals surface area contributed by atoms with Gasteiger partial charge < -0.3 is 10.6 Å². The summed E-state index contributed by atoms with van der Waals surface area (Å²) >= 11 is 1.29. The van der Waals surface area contributed by atoms with Crippen LogP contribution in [0.1, 0.15) is 27.3 Å². The number of amides is 2. The van der Waals surface area contributed by atoms with Crippen molar-refractivity contribution >= 4 is 29.3 Å². The number of anilines is 1. The first kappa shape index (κ1) is 23.3. The van der Waals surface area contributed by atoms with Crippen LogP contribution in [0.4, 0.5) is 5.69 Å². The van der Waals surface area contributed by atoms with E-state index in [-0.39, 0.29) is 17.6 Å². The van der Waals surface area contributed by atoms with Crippen molar-refractivity contribution < 1.29 is 9.59 Å². The van der Waals surface area contributed by atoms with Gasteiger partial charge in [-0.2, -0.15) is 0 Å². The Bertz CT molecular complexity index is 1300. The molecule has 7 nitrogen and oxygen atoms in total. The van der Waals surface area contributed by atoms with E-state index in [2.05, 4.69) is 20.8 Å². The molecule has 4 aromatic rings. The number of nitrogens with zero attached hydrogens (tertiary/aromatic N) is 3. The molecule has 0 saturated heterocycles. The summed E-state index contributed by atoms with van der Waals surface area (Å²) in [5, 5.41) is 14.8. The van der Waals surface area contributed by atoms with E-state index < -0.39 is 0 Å². The minimum atomic E-state index is -0.248. The molecule has 2 amide bonds. The van der Waals surface area contributed by atoms with Crippen molar-refractivity contribution in [2.24, 2.45) is 0 Å². The third-order valence-corrected chi connectivity index (χ3v) is 6.06. The maximum atomic E-state index is 12.7. The van der Waals surface area contributed by atoms with E-state index in [1.807, 2.05) is 73.0 Å². The van der Waals surface area contributed by atoms with Gasteiger partial charge in [-0.1, -0.05) is 66.4 Å². The zero-order valence-electron chi connectivity index (χ0n) is 19.0. The van der Waals surface area contributed by atoms with Crippen LogP contribution < -0.4 is 10.6 Å². The van der Waals surface area contributed by atoms with Gasteiger partial charge >= 0.3 is 0 Å². The second-order valence-corrected chi connectivity index (χ2v) is 8.70. The summed E-state index contributed by atoms with van der Waals surface area (Å²) in [6, 6.07) is 24.7. The van der Waals surface area contributed by atoms with Crippen LogP contribution in [0.5, 0.6) is 0 Å². The molecular formula is C26H25N5O2S.